The Morgan fingerprint density at radius 2 is 1.54 bits per heavy atom. The highest BCUT2D eigenvalue weighted by molar-refractivity contribution is 6.21. The molecule has 0 fully saturated rings. The average Bonchev–Trinajstić information content (AvgIpc) is 2.76. The van der Waals surface area contributed by atoms with Gasteiger partial charge in [0.25, 0.3) is 11.8 Å². The molecule has 1 aliphatic rings. The zero-order chi connectivity index (χ0) is 17.4. The number of phenolic OH excluding ortho intramolecular Hbond substituents is 1. The van der Waals surface area contributed by atoms with Crippen molar-refractivity contribution in [3.63, 3.8) is 0 Å². The van der Waals surface area contributed by atoms with Crippen LogP contribution in [0.15, 0.2) is 36.4 Å². The third kappa shape index (κ3) is 2.78. The van der Waals surface area contributed by atoms with Gasteiger partial charge in [0.05, 0.1) is 11.1 Å². The fourth-order valence-electron chi connectivity index (χ4n) is 3.26. The number of hydrogen-bond donors (Lipinski definition) is 2. The Labute approximate surface area is 140 Å². The van der Waals surface area contributed by atoms with Crippen molar-refractivity contribution < 1.29 is 14.7 Å². The number of carbonyl (C=O) groups is 2. The molecule has 0 saturated heterocycles. The molecule has 0 spiro atoms. The largest absolute Gasteiger partial charge is 0.508 e. The standard InChI is InChI=1S/C19H20N2O3/c1-11-7-14(22)8-12(2)17(11)9-13(20)10-21-18(23)15-5-3-4-6-16(15)19(21)24/h3-8,13,22H,9-10,20H2,1-2H3/t13-/m0/s1. The molecule has 1 atom stereocenters. The number of carbonyl (C=O) groups excluding carboxylic acids is 2. The maximum absolute atomic E-state index is 12.4. The summed E-state index contributed by atoms with van der Waals surface area (Å²) in [5.41, 5.74) is 10.0. The third-order valence-electron chi connectivity index (χ3n) is 4.44. The van der Waals surface area contributed by atoms with Crippen LogP contribution in [0.2, 0.25) is 0 Å². The molecule has 0 bridgehead atoms. The van der Waals surface area contributed by atoms with Crippen LogP contribution in [0.25, 0.3) is 0 Å². The number of benzene rings is 2. The summed E-state index contributed by atoms with van der Waals surface area (Å²) in [6, 6.07) is 9.83. The number of imide groups is 1. The van der Waals surface area contributed by atoms with Gasteiger partial charge in [0.15, 0.2) is 0 Å². The molecule has 2 amide bonds. The molecule has 3 N–H and O–H groups in total. The topological polar surface area (TPSA) is 83.6 Å². The fourth-order valence-corrected chi connectivity index (χ4v) is 3.26. The van der Waals surface area contributed by atoms with Crippen LogP contribution >= 0.6 is 0 Å². The number of amides is 2. The molecule has 24 heavy (non-hydrogen) atoms. The summed E-state index contributed by atoms with van der Waals surface area (Å²) in [4.78, 5) is 26.0. The minimum atomic E-state index is -0.367. The molecule has 1 heterocycles. The van der Waals surface area contributed by atoms with Crippen LogP contribution in [0.4, 0.5) is 0 Å². The molecule has 0 unspecified atom stereocenters. The lowest BCUT2D eigenvalue weighted by atomic mass is 9.96. The normalized spacial score (nSPS) is 14.9. The highest BCUT2D eigenvalue weighted by Gasteiger charge is 2.35. The van der Waals surface area contributed by atoms with Crippen LogP contribution in [0, 0.1) is 13.8 Å². The van der Waals surface area contributed by atoms with E-state index in [0.29, 0.717) is 17.5 Å². The van der Waals surface area contributed by atoms with Crippen LogP contribution in [-0.4, -0.2) is 34.4 Å². The van der Waals surface area contributed by atoms with E-state index in [1.54, 1.807) is 36.4 Å². The lowest BCUT2D eigenvalue weighted by molar-refractivity contribution is 0.0644. The SMILES string of the molecule is Cc1cc(O)cc(C)c1C[C@H](N)CN1C(=O)c2ccccc2C1=O. The Hall–Kier alpha value is -2.66. The zero-order valence-electron chi connectivity index (χ0n) is 13.7. The highest BCUT2D eigenvalue weighted by Crippen LogP contribution is 2.24. The number of rotatable bonds is 4. The van der Waals surface area contributed by atoms with Crippen molar-refractivity contribution in [2.75, 3.05) is 6.54 Å². The first-order valence-corrected chi connectivity index (χ1v) is 7.88. The Bertz CT molecular complexity index is 771. The van der Waals surface area contributed by atoms with Crippen molar-refractivity contribution in [2.24, 2.45) is 5.73 Å². The molecule has 0 aliphatic carbocycles. The lowest BCUT2D eigenvalue weighted by Crippen LogP contribution is -2.42. The molecular weight excluding hydrogens is 304 g/mol. The van der Waals surface area contributed by atoms with E-state index in [9.17, 15) is 14.7 Å². The number of fused-ring (bicyclic) bond motifs is 1. The minimum absolute atomic E-state index is 0.173. The lowest BCUT2D eigenvalue weighted by Gasteiger charge is -2.21. The monoisotopic (exact) mass is 324 g/mol. The average molecular weight is 324 g/mol. The quantitative estimate of drug-likeness (QED) is 0.844. The van der Waals surface area contributed by atoms with E-state index in [4.69, 9.17) is 5.73 Å². The van der Waals surface area contributed by atoms with Gasteiger partial charge in [-0.1, -0.05) is 12.1 Å². The summed E-state index contributed by atoms with van der Waals surface area (Å²) >= 11 is 0. The number of phenols is 1. The van der Waals surface area contributed by atoms with Crippen LogP contribution in [-0.2, 0) is 6.42 Å². The van der Waals surface area contributed by atoms with Gasteiger partial charge in [-0.2, -0.15) is 0 Å². The predicted octanol–water partition coefficient (Wildman–Crippen LogP) is 2.18. The van der Waals surface area contributed by atoms with Gasteiger partial charge in [-0.25, -0.2) is 0 Å². The van der Waals surface area contributed by atoms with Gasteiger partial charge in [-0.15, -0.1) is 0 Å². The van der Waals surface area contributed by atoms with Crippen molar-refractivity contribution in [2.45, 2.75) is 26.3 Å². The number of nitrogens with two attached hydrogens (primary N) is 1. The van der Waals surface area contributed by atoms with Gasteiger partial charge in [0, 0.05) is 12.6 Å². The summed E-state index contributed by atoms with van der Waals surface area (Å²) in [6.45, 7) is 4.00. The summed E-state index contributed by atoms with van der Waals surface area (Å²) in [6.07, 6.45) is 0.533. The van der Waals surface area contributed by atoms with Gasteiger partial charge in [0.2, 0.25) is 0 Å². The Kier molecular flexibility index (Phi) is 4.11. The molecule has 1 aliphatic heterocycles. The van der Waals surface area contributed by atoms with E-state index in [1.807, 2.05) is 13.8 Å². The van der Waals surface area contributed by atoms with Gasteiger partial charge < -0.3 is 10.8 Å². The minimum Gasteiger partial charge on any atom is -0.508 e. The Morgan fingerprint density at radius 1 is 1.04 bits per heavy atom. The van der Waals surface area contributed by atoms with E-state index in [-0.39, 0.29) is 30.2 Å². The van der Waals surface area contributed by atoms with Crippen LogP contribution in [0.1, 0.15) is 37.4 Å². The van der Waals surface area contributed by atoms with E-state index in [1.165, 1.54) is 4.90 Å². The smallest absolute Gasteiger partial charge is 0.261 e. The molecule has 0 radical (unpaired) electrons. The van der Waals surface area contributed by atoms with E-state index < -0.39 is 0 Å². The number of nitrogens with zero attached hydrogens (tertiary/aromatic N) is 1. The first-order valence-electron chi connectivity index (χ1n) is 7.88. The molecule has 5 heteroatoms. The first kappa shape index (κ1) is 16.2. The fraction of sp³-hybridized carbons (Fsp3) is 0.263. The number of hydrogen-bond acceptors (Lipinski definition) is 4. The second kappa shape index (κ2) is 6.09. The van der Waals surface area contributed by atoms with E-state index in [0.717, 1.165) is 16.7 Å². The van der Waals surface area contributed by atoms with E-state index in [2.05, 4.69) is 0 Å². The van der Waals surface area contributed by atoms with Crippen LogP contribution in [0.5, 0.6) is 5.75 Å². The maximum Gasteiger partial charge on any atom is 0.261 e. The third-order valence-corrected chi connectivity index (χ3v) is 4.44. The Balaban J connectivity index is 1.76. The molecule has 3 rings (SSSR count). The molecule has 5 nitrogen and oxygen atoms in total. The highest BCUT2D eigenvalue weighted by atomic mass is 16.3. The van der Waals surface area contributed by atoms with Crippen molar-refractivity contribution in [3.05, 3.63) is 64.2 Å². The molecule has 2 aromatic rings. The van der Waals surface area contributed by atoms with E-state index >= 15 is 0 Å². The van der Waals surface area contributed by atoms with Gasteiger partial charge in [-0.05, 0) is 61.2 Å². The van der Waals surface area contributed by atoms with Crippen molar-refractivity contribution >= 4 is 11.8 Å². The van der Waals surface area contributed by atoms with Crippen molar-refractivity contribution in [1.82, 2.24) is 4.90 Å². The maximum atomic E-state index is 12.4. The van der Waals surface area contributed by atoms with Gasteiger partial charge in [-0.3, -0.25) is 14.5 Å². The Morgan fingerprint density at radius 3 is 2.04 bits per heavy atom. The van der Waals surface area contributed by atoms with Gasteiger partial charge >= 0.3 is 0 Å². The summed E-state index contributed by atoms with van der Waals surface area (Å²) < 4.78 is 0. The second-order valence-electron chi connectivity index (χ2n) is 6.29. The summed E-state index contributed by atoms with van der Waals surface area (Å²) in [7, 11) is 0. The summed E-state index contributed by atoms with van der Waals surface area (Å²) in [5, 5.41) is 9.62. The van der Waals surface area contributed by atoms with Gasteiger partial charge in [0.1, 0.15) is 5.75 Å². The number of aryl methyl sites for hydroxylation is 2. The molecular formula is C19H20N2O3. The number of aromatic hydroxyl groups is 1. The van der Waals surface area contributed by atoms with Crippen LogP contribution < -0.4 is 5.73 Å². The molecule has 2 aromatic carbocycles. The molecule has 124 valence electrons. The van der Waals surface area contributed by atoms with Crippen molar-refractivity contribution in [1.29, 1.82) is 0 Å². The first-order chi connectivity index (χ1) is 11.4. The molecule has 0 saturated carbocycles. The van der Waals surface area contributed by atoms with Crippen LogP contribution in [0.3, 0.4) is 0 Å². The predicted molar refractivity (Wildman–Crippen MR) is 91.1 cm³/mol. The van der Waals surface area contributed by atoms with Crippen molar-refractivity contribution in [3.8, 4) is 5.75 Å². The molecule has 0 aromatic heterocycles. The summed E-state index contributed by atoms with van der Waals surface area (Å²) in [5.74, 6) is -0.349. The zero-order valence-corrected chi connectivity index (χ0v) is 13.7. The second-order valence-corrected chi connectivity index (χ2v) is 6.29.